The van der Waals surface area contributed by atoms with E-state index < -0.39 is 41.4 Å². The highest BCUT2D eigenvalue weighted by Gasteiger charge is 2.34. The van der Waals surface area contributed by atoms with Crippen LogP contribution in [0.25, 0.3) is 0 Å². The molecule has 168 valence electrons. The molecular weight excluding hydrogens is 415 g/mol. The van der Waals surface area contributed by atoms with E-state index in [1.165, 1.54) is 4.90 Å². The van der Waals surface area contributed by atoms with Crippen LogP contribution in [0, 0.1) is 34.7 Å². The standard InChI is InChI=1S/C21H24F3N3O4/c1-12(2)20(21(30)31-7-3-6-25)26-17(28)10-15-4-5-18(29)27(15)11-13-8-14(22)9-16(23)19(13)24/h8-9,12,15,20H,3-5,7,10-11H2,1-2H3,(H,26,28)/t15-,20-/m0/s1. The molecule has 1 aliphatic rings. The second kappa shape index (κ2) is 10.8. The summed E-state index contributed by atoms with van der Waals surface area (Å²) in [7, 11) is 0. The third kappa shape index (κ3) is 6.44. The van der Waals surface area contributed by atoms with E-state index in [0.29, 0.717) is 12.5 Å². The SMILES string of the molecule is CC(C)[C@H](NC(=O)C[C@@H]1CCC(=O)N1Cc1cc(F)cc(F)c1F)C(=O)OCCC#N. The monoisotopic (exact) mass is 439 g/mol. The number of benzene rings is 1. The average molecular weight is 439 g/mol. The summed E-state index contributed by atoms with van der Waals surface area (Å²) in [5, 5.41) is 11.1. The minimum atomic E-state index is -1.36. The van der Waals surface area contributed by atoms with E-state index in [9.17, 15) is 27.6 Å². The van der Waals surface area contributed by atoms with Crippen molar-refractivity contribution in [3.05, 3.63) is 35.1 Å². The summed E-state index contributed by atoms with van der Waals surface area (Å²) in [6.07, 6.45) is 0.284. The van der Waals surface area contributed by atoms with Crippen LogP contribution >= 0.6 is 0 Å². The van der Waals surface area contributed by atoms with Gasteiger partial charge in [0.1, 0.15) is 18.5 Å². The second-order valence-electron chi connectivity index (χ2n) is 7.64. The largest absolute Gasteiger partial charge is 0.463 e. The van der Waals surface area contributed by atoms with Gasteiger partial charge in [0.05, 0.1) is 12.5 Å². The van der Waals surface area contributed by atoms with Crippen LogP contribution in [0.4, 0.5) is 13.2 Å². The van der Waals surface area contributed by atoms with Gasteiger partial charge in [-0.1, -0.05) is 13.8 Å². The van der Waals surface area contributed by atoms with Crippen LogP contribution in [-0.4, -0.2) is 41.4 Å². The van der Waals surface area contributed by atoms with Gasteiger partial charge < -0.3 is 15.0 Å². The van der Waals surface area contributed by atoms with Crippen LogP contribution in [0.1, 0.15) is 45.1 Å². The van der Waals surface area contributed by atoms with Crippen molar-refractivity contribution < 1.29 is 32.3 Å². The Labute approximate surface area is 178 Å². The molecule has 2 rings (SSSR count). The Morgan fingerprint density at radius 2 is 2.03 bits per heavy atom. The molecule has 1 heterocycles. The number of rotatable bonds is 9. The summed E-state index contributed by atoms with van der Waals surface area (Å²) in [6, 6.07) is 1.52. The summed E-state index contributed by atoms with van der Waals surface area (Å²) in [6.45, 7) is 2.96. The maximum atomic E-state index is 14.0. The highest BCUT2D eigenvalue weighted by molar-refractivity contribution is 5.86. The van der Waals surface area contributed by atoms with E-state index in [-0.39, 0.29) is 49.8 Å². The number of carbonyl (C=O) groups is 3. The average Bonchev–Trinajstić information content (AvgIpc) is 3.03. The van der Waals surface area contributed by atoms with E-state index in [4.69, 9.17) is 10.00 Å². The maximum Gasteiger partial charge on any atom is 0.328 e. The van der Waals surface area contributed by atoms with Gasteiger partial charge in [0.25, 0.3) is 0 Å². The van der Waals surface area contributed by atoms with Crippen molar-refractivity contribution in [2.45, 2.75) is 58.2 Å². The van der Waals surface area contributed by atoms with Gasteiger partial charge >= 0.3 is 5.97 Å². The number of esters is 1. The van der Waals surface area contributed by atoms with Crippen LogP contribution in [0.15, 0.2) is 12.1 Å². The lowest BCUT2D eigenvalue weighted by molar-refractivity contribution is -0.149. The number of hydrogen-bond donors (Lipinski definition) is 1. The Balaban J connectivity index is 2.04. The van der Waals surface area contributed by atoms with Gasteiger partial charge in [-0.3, -0.25) is 9.59 Å². The smallest absolute Gasteiger partial charge is 0.328 e. The van der Waals surface area contributed by atoms with Crippen molar-refractivity contribution in [1.29, 1.82) is 5.26 Å². The summed E-state index contributed by atoms with van der Waals surface area (Å²) < 4.78 is 45.9. The first-order valence-corrected chi connectivity index (χ1v) is 9.89. The molecule has 7 nitrogen and oxygen atoms in total. The number of carbonyl (C=O) groups excluding carboxylic acids is 3. The Kier molecular flexibility index (Phi) is 8.42. The third-order valence-electron chi connectivity index (χ3n) is 4.98. The van der Waals surface area contributed by atoms with Crippen LogP contribution < -0.4 is 5.32 Å². The van der Waals surface area contributed by atoms with Crippen molar-refractivity contribution in [3.63, 3.8) is 0 Å². The molecule has 1 aromatic rings. The van der Waals surface area contributed by atoms with E-state index >= 15 is 0 Å². The Bertz CT molecular complexity index is 885. The fraction of sp³-hybridized carbons (Fsp3) is 0.524. The van der Waals surface area contributed by atoms with E-state index in [1.54, 1.807) is 13.8 Å². The molecule has 0 saturated carbocycles. The number of nitriles is 1. The molecule has 1 aromatic carbocycles. The molecule has 0 radical (unpaired) electrons. The van der Waals surface area contributed by atoms with E-state index in [1.807, 2.05) is 6.07 Å². The second-order valence-corrected chi connectivity index (χ2v) is 7.64. The number of nitrogens with zero attached hydrogens (tertiary/aromatic N) is 2. The Hall–Kier alpha value is -3.09. The lowest BCUT2D eigenvalue weighted by Gasteiger charge is -2.26. The van der Waals surface area contributed by atoms with Crippen LogP contribution in [0.2, 0.25) is 0 Å². The molecule has 1 saturated heterocycles. The van der Waals surface area contributed by atoms with Crippen LogP contribution in [-0.2, 0) is 25.7 Å². The summed E-state index contributed by atoms with van der Waals surface area (Å²) in [4.78, 5) is 38.1. The molecule has 1 aliphatic heterocycles. The fourth-order valence-corrected chi connectivity index (χ4v) is 3.36. The Morgan fingerprint density at radius 1 is 1.32 bits per heavy atom. The van der Waals surface area contributed by atoms with Gasteiger partial charge in [-0.05, 0) is 18.4 Å². The molecule has 0 aromatic heterocycles. The molecule has 31 heavy (non-hydrogen) atoms. The lowest BCUT2D eigenvalue weighted by Crippen LogP contribution is -2.47. The van der Waals surface area contributed by atoms with Crippen molar-refractivity contribution in [1.82, 2.24) is 10.2 Å². The molecule has 1 N–H and O–H groups in total. The van der Waals surface area contributed by atoms with Crippen LogP contribution in [0.3, 0.4) is 0 Å². The van der Waals surface area contributed by atoms with Crippen LogP contribution in [0.5, 0.6) is 0 Å². The topological polar surface area (TPSA) is 99.5 Å². The quantitative estimate of drug-likeness (QED) is 0.362. The summed E-state index contributed by atoms with van der Waals surface area (Å²) in [5.74, 6) is -5.41. The number of ether oxygens (including phenoxy) is 1. The number of likely N-dealkylation sites (tertiary alicyclic amines) is 1. The predicted octanol–water partition coefficient (Wildman–Crippen LogP) is 2.58. The molecular formula is C21H24F3N3O4. The summed E-state index contributed by atoms with van der Waals surface area (Å²) in [5.41, 5.74) is -0.320. The Morgan fingerprint density at radius 3 is 2.68 bits per heavy atom. The minimum Gasteiger partial charge on any atom is -0.463 e. The number of nitrogens with one attached hydrogen (secondary N) is 1. The zero-order valence-corrected chi connectivity index (χ0v) is 17.3. The van der Waals surface area contributed by atoms with E-state index in [2.05, 4.69) is 5.32 Å². The number of halogens is 3. The highest BCUT2D eigenvalue weighted by Crippen LogP contribution is 2.26. The van der Waals surface area contributed by atoms with Gasteiger partial charge in [0.2, 0.25) is 11.8 Å². The van der Waals surface area contributed by atoms with Gasteiger partial charge in [0.15, 0.2) is 11.6 Å². The van der Waals surface area contributed by atoms with Crippen molar-refractivity contribution >= 4 is 17.8 Å². The molecule has 0 bridgehead atoms. The maximum absolute atomic E-state index is 14.0. The number of amides is 2. The van der Waals surface area contributed by atoms with Crippen molar-refractivity contribution in [2.75, 3.05) is 6.61 Å². The van der Waals surface area contributed by atoms with Gasteiger partial charge in [-0.25, -0.2) is 18.0 Å². The molecule has 0 unspecified atom stereocenters. The normalized spacial score (nSPS) is 16.9. The summed E-state index contributed by atoms with van der Waals surface area (Å²) >= 11 is 0. The zero-order chi connectivity index (χ0) is 23.1. The highest BCUT2D eigenvalue weighted by atomic mass is 19.2. The lowest BCUT2D eigenvalue weighted by atomic mass is 10.0. The van der Waals surface area contributed by atoms with Gasteiger partial charge in [0, 0.05) is 37.1 Å². The van der Waals surface area contributed by atoms with Crippen molar-refractivity contribution in [2.24, 2.45) is 5.92 Å². The first-order chi connectivity index (χ1) is 14.6. The first kappa shape index (κ1) is 24.2. The molecule has 1 fully saturated rings. The first-order valence-electron chi connectivity index (χ1n) is 9.89. The minimum absolute atomic E-state index is 0.0287. The van der Waals surface area contributed by atoms with Gasteiger partial charge in [-0.15, -0.1) is 0 Å². The van der Waals surface area contributed by atoms with E-state index in [0.717, 1.165) is 6.07 Å². The molecule has 2 amide bonds. The zero-order valence-electron chi connectivity index (χ0n) is 17.3. The molecule has 2 atom stereocenters. The molecule has 10 heteroatoms. The number of hydrogen-bond acceptors (Lipinski definition) is 5. The third-order valence-corrected chi connectivity index (χ3v) is 4.98. The molecule has 0 spiro atoms. The predicted molar refractivity (Wildman–Crippen MR) is 102 cm³/mol. The van der Waals surface area contributed by atoms with Crippen molar-refractivity contribution in [3.8, 4) is 6.07 Å². The fourth-order valence-electron chi connectivity index (χ4n) is 3.36. The molecule has 0 aliphatic carbocycles. The van der Waals surface area contributed by atoms with Gasteiger partial charge in [-0.2, -0.15) is 5.26 Å².